The summed E-state index contributed by atoms with van der Waals surface area (Å²) in [6, 6.07) is 17.1. The fourth-order valence-corrected chi connectivity index (χ4v) is 5.36. The van der Waals surface area contributed by atoms with Gasteiger partial charge in [-0.1, -0.05) is 54.6 Å². The summed E-state index contributed by atoms with van der Waals surface area (Å²) in [5.41, 5.74) is -1.98. The largest absolute Gasteiger partial charge is 0.349 e. The first kappa shape index (κ1) is 20.6. The van der Waals surface area contributed by atoms with Crippen LogP contribution in [0.1, 0.15) is 32.4 Å². The van der Waals surface area contributed by atoms with Crippen LogP contribution in [-0.2, 0) is 14.3 Å². The average Bonchev–Trinajstić information content (AvgIpc) is 3.40. The number of fused-ring (bicyclic) bond motifs is 3. The lowest BCUT2D eigenvalue weighted by Crippen LogP contribution is -2.51. The van der Waals surface area contributed by atoms with E-state index in [9.17, 15) is 28.0 Å². The van der Waals surface area contributed by atoms with E-state index >= 15 is 0 Å². The highest BCUT2D eigenvalue weighted by molar-refractivity contribution is 6.37. The van der Waals surface area contributed by atoms with Crippen molar-refractivity contribution in [3.05, 3.63) is 101 Å². The number of rotatable bonds is 2. The summed E-state index contributed by atoms with van der Waals surface area (Å²) in [5, 5.41) is 0. The van der Waals surface area contributed by atoms with Crippen LogP contribution >= 0.6 is 0 Å². The molecule has 6 nitrogen and oxygen atoms in total. The smallest absolute Gasteiger partial charge is 0.241 e. The molecule has 0 N–H and O–H groups in total. The number of carbonyl (C=O) groups excluding carboxylic acids is 4. The second-order valence-electron chi connectivity index (χ2n) is 8.50. The second kappa shape index (κ2) is 6.98. The zero-order valence-electron chi connectivity index (χ0n) is 17.4. The van der Waals surface area contributed by atoms with Gasteiger partial charge in [0.1, 0.15) is 11.6 Å². The highest BCUT2D eigenvalue weighted by atomic mass is 19.1. The minimum absolute atomic E-state index is 0.103. The van der Waals surface area contributed by atoms with Crippen molar-refractivity contribution in [3.8, 4) is 0 Å². The molecule has 0 unspecified atom stereocenters. The minimum Gasteiger partial charge on any atom is -0.349 e. The molecule has 2 aliphatic heterocycles. The van der Waals surface area contributed by atoms with E-state index < -0.39 is 64.2 Å². The Morgan fingerprint density at radius 2 is 1.38 bits per heavy atom. The highest BCUT2D eigenvalue weighted by Gasteiger charge is 2.74. The number of hydrogen-bond donors (Lipinski definition) is 0. The van der Waals surface area contributed by atoms with Crippen molar-refractivity contribution >= 4 is 29.1 Å². The zero-order chi connectivity index (χ0) is 23.8. The molecule has 6 rings (SSSR count). The molecule has 2 saturated heterocycles. The molecule has 1 spiro atoms. The predicted octanol–water partition coefficient (Wildman–Crippen LogP) is 3.66. The SMILES string of the molecule is O=C1[C@H]2[C@@H](c3ccccc3)OC3(C(=O)c4ccccc4C3=O)[C@@H]2C(=O)N1c1ccc(F)cc1F. The molecule has 3 aromatic rings. The van der Waals surface area contributed by atoms with Gasteiger partial charge in [-0.2, -0.15) is 0 Å². The van der Waals surface area contributed by atoms with Gasteiger partial charge in [0.15, 0.2) is 0 Å². The van der Waals surface area contributed by atoms with E-state index in [1.807, 2.05) is 0 Å². The summed E-state index contributed by atoms with van der Waals surface area (Å²) in [7, 11) is 0. The Bertz CT molecular complexity index is 1380. The topological polar surface area (TPSA) is 80.8 Å². The number of Topliss-reactive ketones (excluding diaryl/α,β-unsaturated/α-hetero) is 2. The van der Waals surface area contributed by atoms with Gasteiger partial charge >= 0.3 is 0 Å². The predicted molar refractivity (Wildman–Crippen MR) is 114 cm³/mol. The van der Waals surface area contributed by atoms with E-state index in [2.05, 4.69) is 0 Å². The summed E-state index contributed by atoms with van der Waals surface area (Å²) in [6.07, 6.45) is -1.10. The van der Waals surface area contributed by atoms with Crippen LogP contribution in [0.2, 0.25) is 0 Å². The number of carbonyl (C=O) groups is 4. The van der Waals surface area contributed by atoms with E-state index in [1.165, 1.54) is 12.1 Å². The molecule has 3 atom stereocenters. The molecule has 0 aromatic heterocycles. The minimum atomic E-state index is -2.24. The quantitative estimate of drug-likeness (QED) is 0.432. The van der Waals surface area contributed by atoms with Crippen LogP contribution in [0.4, 0.5) is 14.5 Å². The van der Waals surface area contributed by atoms with Crippen LogP contribution in [0.3, 0.4) is 0 Å². The fourth-order valence-electron chi connectivity index (χ4n) is 5.36. The highest BCUT2D eigenvalue weighted by Crippen LogP contribution is 2.57. The maximum Gasteiger partial charge on any atom is 0.241 e. The maximum atomic E-state index is 14.6. The van der Waals surface area contributed by atoms with Crippen LogP contribution in [0.25, 0.3) is 0 Å². The fraction of sp³-hybridized carbons (Fsp3) is 0.154. The first-order chi connectivity index (χ1) is 16.4. The van der Waals surface area contributed by atoms with E-state index in [4.69, 9.17) is 4.74 Å². The van der Waals surface area contributed by atoms with Crippen LogP contribution in [0.5, 0.6) is 0 Å². The number of anilines is 1. The molecule has 0 radical (unpaired) electrons. The molecule has 3 aliphatic rings. The molecule has 2 heterocycles. The van der Waals surface area contributed by atoms with Gasteiger partial charge < -0.3 is 4.74 Å². The first-order valence-electron chi connectivity index (χ1n) is 10.6. The zero-order valence-corrected chi connectivity index (χ0v) is 17.4. The molecule has 2 amide bonds. The molecule has 2 fully saturated rings. The van der Waals surface area contributed by atoms with Gasteiger partial charge in [0.2, 0.25) is 29.0 Å². The average molecular weight is 459 g/mol. The van der Waals surface area contributed by atoms with Crippen LogP contribution in [-0.4, -0.2) is 29.0 Å². The van der Waals surface area contributed by atoms with Crippen molar-refractivity contribution in [2.45, 2.75) is 11.7 Å². The van der Waals surface area contributed by atoms with Gasteiger partial charge in [0.05, 0.1) is 23.6 Å². The van der Waals surface area contributed by atoms with Gasteiger partial charge in [0.25, 0.3) is 0 Å². The Kier molecular flexibility index (Phi) is 4.22. The van der Waals surface area contributed by atoms with Crippen LogP contribution in [0, 0.1) is 23.5 Å². The van der Waals surface area contributed by atoms with Crippen molar-refractivity contribution < 1.29 is 32.7 Å². The Hall–Kier alpha value is -4.04. The summed E-state index contributed by atoms with van der Waals surface area (Å²) < 4.78 is 34.3. The number of hydrogen-bond acceptors (Lipinski definition) is 5. The molecule has 8 heteroatoms. The molecular formula is C26H15F2NO5. The monoisotopic (exact) mass is 459 g/mol. The molecule has 168 valence electrons. The molecule has 1 aliphatic carbocycles. The Labute approximate surface area is 191 Å². The number of amides is 2. The van der Waals surface area contributed by atoms with Crippen LogP contribution < -0.4 is 4.90 Å². The van der Waals surface area contributed by atoms with Gasteiger partial charge in [0, 0.05) is 17.2 Å². The summed E-state index contributed by atoms with van der Waals surface area (Å²) in [4.78, 5) is 55.1. The molecule has 34 heavy (non-hydrogen) atoms. The summed E-state index contributed by atoms with van der Waals surface area (Å²) in [6.45, 7) is 0. The third-order valence-corrected chi connectivity index (χ3v) is 6.80. The number of ketones is 2. The third-order valence-electron chi connectivity index (χ3n) is 6.80. The van der Waals surface area contributed by atoms with Crippen molar-refractivity contribution in [1.82, 2.24) is 0 Å². The number of nitrogens with zero attached hydrogens (tertiary/aromatic N) is 1. The lowest BCUT2D eigenvalue weighted by Gasteiger charge is -2.27. The Morgan fingerprint density at radius 3 is 2.00 bits per heavy atom. The second-order valence-corrected chi connectivity index (χ2v) is 8.50. The first-order valence-corrected chi connectivity index (χ1v) is 10.6. The standard InChI is InChI=1S/C26H15F2NO5/c27-14-10-11-18(17(28)12-14)29-24(32)19-20(25(29)33)26(34-21(19)13-6-2-1-3-7-13)22(30)15-8-4-5-9-16(15)23(26)31/h1-12,19-21H/t19-,20+,21-/m1/s1. The van der Waals surface area contributed by atoms with E-state index in [0.29, 0.717) is 16.5 Å². The van der Waals surface area contributed by atoms with Gasteiger partial charge in [-0.05, 0) is 17.7 Å². The van der Waals surface area contributed by atoms with Crippen molar-refractivity contribution in [3.63, 3.8) is 0 Å². The Morgan fingerprint density at radius 1 is 0.765 bits per heavy atom. The van der Waals surface area contributed by atoms with Gasteiger partial charge in [-0.15, -0.1) is 0 Å². The number of ether oxygens (including phenoxy) is 1. The molecule has 3 aromatic carbocycles. The van der Waals surface area contributed by atoms with Gasteiger partial charge in [-0.3, -0.25) is 19.2 Å². The summed E-state index contributed by atoms with van der Waals surface area (Å²) >= 11 is 0. The molecule has 0 bridgehead atoms. The van der Waals surface area contributed by atoms with Crippen molar-refractivity contribution in [1.29, 1.82) is 0 Å². The number of benzene rings is 3. The molecule has 0 saturated carbocycles. The lowest BCUT2D eigenvalue weighted by molar-refractivity contribution is -0.127. The van der Waals surface area contributed by atoms with Crippen LogP contribution in [0.15, 0.2) is 72.8 Å². The Balaban J connectivity index is 1.56. The summed E-state index contributed by atoms with van der Waals surface area (Å²) in [5.74, 6) is -7.90. The normalized spacial score (nSPS) is 24.8. The van der Waals surface area contributed by atoms with E-state index in [0.717, 1.165) is 12.1 Å². The van der Waals surface area contributed by atoms with Crippen molar-refractivity contribution in [2.75, 3.05) is 4.90 Å². The lowest BCUT2D eigenvalue weighted by atomic mass is 9.77. The van der Waals surface area contributed by atoms with E-state index in [-0.39, 0.29) is 11.1 Å². The molecular weight excluding hydrogens is 444 g/mol. The van der Waals surface area contributed by atoms with Crippen molar-refractivity contribution in [2.24, 2.45) is 11.8 Å². The van der Waals surface area contributed by atoms with Gasteiger partial charge in [-0.25, -0.2) is 13.7 Å². The maximum absolute atomic E-state index is 14.6. The number of halogens is 2. The number of imide groups is 1. The third kappa shape index (κ3) is 2.46. The van der Waals surface area contributed by atoms with E-state index in [1.54, 1.807) is 42.5 Å².